The Morgan fingerprint density at radius 3 is 2.11 bits per heavy atom. The summed E-state index contributed by atoms with van der Waals surface area (Å²) >= 11 is 6.23. The Bertz CT molecular complexity index is 1130. The number of hydrogen-bond donors (Lipinski definition) is 0. The molecule has 128 valence electrons. The third kappa shape index (κ3) is 3.72. The van der Waals surface area contributed by atoms with Gasteiger partial charge in [-0.3, -0.25) is 0 Å². The third-order valence-electron chi connectivity index (χ3n) is 4.23. The van der Waals surface area contributed by atoms with Gasteiger partial charge >= 0.3 is 0 Å². The normalized spacial score (nSPS) is 10.4. The molecule has 0 aliphatic heterocycles. The molecule has 0 aliphatic rings. The standard InChI is InChI=1S/C23H14ClN3/c24-22-14-21(26-23(27-22)19-6-2-1-3-7-19)18-11-9-17(10-12-18)20-8-4-5-16(13-20)15-25/h1-14H. The van der Waals surface area contributed by atoms with Crippen LogP contribution in [0.3, 0.4) is 0 Å². The zero-order valence-electron chi connectivity index (χ0n) is 14.3. The van der Waals surface area contributed by atoms with Crippen molar-refractivity contribution in [2.45, 2.75) is 0 Å². The molecule has 4 heteroatoms. The monoisotopic (exact) mass is 367 g/mol. The Morgan fingerprint density at radius 1 is 0.667 bits per heavy atom. The van der Waals surface area contributed by atoms with Gasteiger partial charge in [0.15, 0.2) is 5.82 Å². The number of aromatic nitrogens is 2. The number of halogens is 1. The van der Waals surface area contributed by atoms with Crippen LogP contribution in [-0.4, -0.2) is 9.97 Å². The lowest BCUT2D eigenvalue weighted by Gasteiger charge is -2.07. The summed E-state index contributed by atoms with van der Waals surface area (Å²) < 4.78 is 0. The fraction of sp³-hybridized carbons (Fsp3) is 0. The summed E-state index contributed by atoms with van der Waals surface area (Å²) in [4.78, 5) is 9.00. The molecular weight excluding hydrogens is 354 g/mol. The Balaban J connectivity index is 1.70. The average Bonchev–Trinajstić information content (AvgIpc) is 2.74. The second kappa shape index (κ2) is 7.41. The Labute approximate surface area is 162 Å². The highest BCUT2D eigenvalue weighted by Crippen LogP contribution is 2.27. The molecule has 0 fully saturated rings. The van der Waals surface area contributed by atoms with Crippen LogP contribution in [0.2, 0.25) is 5.15 Å². The molecule has 0 amide bonds. The Morgan fingerprint density at radius 2 is 1.37 bits per heavy atom. The van der Waals surface area contributed by atoms with Crippen molar-refractivity contribution in [3.8, 4) is 39.8 Å². The van der Waals surface area contributed by atoms with Gasteiger partial charge in [-0.2, -0.15) is 5.26 Å². The molecule has 27 heavy (non-hydrogen) atoms. The molecule has 4 aromatic rings. The van der Waals surface area contributed by atoms with E-state index in [0.29, 0.717) is 16.5 Å². The zero-order valence-corrected chi connectivity index (χ0v) is 15.1. The van der Waals surface area contributed by atoms with Gasteiger partial charge in [0.2, 0.25) is 0 Å². The highest BCUT2D eigenvalue weighted by Gasteiger charge is 2.08. The van der Waals surface area contributed by atoms with E-state index >= 15 is 0 Å². The predicted molar refractivity (Wildman–Crippen MR) is 108 cm³/mol. The van der Waals surface area contributed by atoms with E-state index < -0.39 is 0 Å². The number of nitriles is 1. The molecule has 0 spiro atoms. The maximum Gasteiger partial charge on any atom is 0.161 e. The van der Waals surface area contributed by atoms with Gasteiger partial charge in [0.1, 0.15) is 5.15 Å². The summed E-state index contributed by atoms with van der Waals surface area (Å²) in [6, 6.07) is 29.3. The van der Waals surface area contributed by atoms with Crippen molar-refractivity contribution in [1.29, 1.82) is 5.26 Å². The lowest BCUT2D eigenvalue weighted by molar-refractivity contribution is 1.18. The lowest BCUT2D eigenvalue weighted by atomic mass is 10.0. The summed E-state index contributed by atoms with van der Waals surface area (Å²) in [7, 11) is 0. The topological polar surface area (TPSA) is 49.6 Å². The first-order chi connectivity index (χ1) is 13.2. The van der Waals surface area contributed by atoms with Crippen LogP contribution < -0.4 is 0 Å². The van der Waals surface area contributed by atoms with Crippen LogP contribution in [0.1, 0.15) is 5.56 Å². The largest absolute Gasteiger partial charge is 0.228 e. The summed E-state index contributed by atoms with van der Waals surface area (Å²) in [5.74, 6) is 0.601. The van der Waals surface area contributed by atoms with Crippen molar-refractivity contribution in [1.82, 2.24) is 9.97 Å². The molecule has 1 aromatic heterocycles. The summed E-state index contributed by atoms with van der Waals surface area (Å²) in [5, 5.41) is 9.48. The second-order valence-electron chi connectivity index (χ2n) is 6.04. The summed E-state index contributed by atoms with van der Waals surface area (Å²) in [5.41, 5.74) is 5.34. The van der Waals surface area contributed by atoms with Gasteiger partial charge in [0, 0.05) is 17.2 Å². The van der Waals surface area contributed by atoms with E-state index in [9.17, 15) is 0 Å². The number of nitrogens with zero attached hydrogens (tertiary/aromatic N) is 3. The molecule has 0 unspecified atom stereocenters. The number of benzene rings is 3. The van der Waals surface area contributed by atoms with Gasteiger partial charge in [-0.25, -0.2) is 9.97 Å². The molecule has 4 rings (SSSR count). The van der Waals surface area contributed by atoms with E-state index in [4.69, 9.17) is 16.9 Å². The smallest absolute Gasteiger partial charge is 0.161 e. The van der Waals surface area contributed by atoms with Gasteiger partial charge in [-0.1, -0.05) is 78.3 Å². The maximum absolute atomic E-state index is 9.07. The highest BCUT2D eigenvalue weighted by molar-refractivity contribution is 6.29. The summed E-state index contributed by atoms with van der Waals surface area (Å²) in [6.07, 6.45) is 0. The van der Waals surface area contributed by atoms with Crippen molar-refractivity contribution >= 4 is 11.6 Å². The first kappa shape index (κ1) is 17.0. The van der Waals surface area contributed by atoms with Crippen LogP contribution >= 0.6 is 11.6 Å². The van der Waals surface area contributed by atoms with Crippen LogP contribution in [0.5, 0.6) is 0 Å². The molecule has 0 radical (unpaired) electrons. The molecule has 1 heterocycles. The first-order valence-corrected chi connectivity index (χ1v) is 8.82. The van der Waals surface area contributed by atoms with Gasteiger partial charge in [-0.15, -0.1) is 0 Å². The van der Waals surface area contributed by atoms with Gasteiger partial charge in [0.05, 0.1) is 17.3 Å². The van der Waals surface area contributed by atoms with Gasteiger partial charge in [0.25, 0.3) is 0 Å². The fourth-order valence-corrected chi connectivity index (χ4v) is 3.07. The van der Waals surface area contributed by atoms with Crippen LogP contribution in [0.25, 0.3) is 33.8 Å². The number of rotatable bonds is 3. The first-order valence-electron chi connectivity index (χ1n) is 8.44. The number of hydrogen-bond acceptors (Lipinski definition) is 3. The minimum atomic E-state index is 0.407. The van der Waals surface area contributed by atoms with Crippen molar-refractivity contribution in [2.75, 3.05) is 0 Å². The van der Waals surface area contributed by atoms with Crippen molar-refractivity contribution in [3.63, 3.8) is 0 Å². The van der Waals surface area contributed by atoms with Crippen LogP contribution in [0.4, 0.5) is 0 Å². The van der Waals surface area contributed by atoms with E-state index in [1.54, 1.807) is 12.1 Å². The van der Waals surface area contributed by atoms with E-state index in [0.717, 1.165) is 27.9 Å². The molecular formula is C23H14ClN3. The van der Waals surface area contributed by atoms with Gasteiger partial charge in [-0.05, 0) is 23.3 Å². The lowest BCUT2D eigenvalue weighted by Crippen LogP contribution is -1.93. The van der Waals surface area contributed by atoms with E-state index in [1.165, 1.54) is 0 Å². The van der Waals surface area contributed by atoms with Gasteiger partial charge < -0.3 is 0 Å². The molecule has 0 atom stereocenters. The quantitative estimate of drug-likeness (QED) is 0.417. The summed E-state index contributed by atoms with van der Waals surface area (Å²) in [6.45, 7) is 0. The molecule has 0 N–H and O–H groups in total. The Hall–Kier alpha value is -3.48. The highest BCUT2D eigenvalue weighted by atomic mass is 35.5. The fourth-order valence-electron chi connectivity index (χ4n) is 2.88. The molecule has 3 aromatic carbocycles. The van der Waals surface area contributed by atoms with E-state index in [2.05, 4.69) is 16.0 Å². The Kier molecular flexibility index (Phi) is 4.65. The average molecular weight is 368 g/mol. The molecule has 0 bridgehead atoms. The molecule has 3 nitrogen and oxygen atoms in total. The molecule has 0 saturated carbocycles. The maximum atomic E-state index is 9.07. The van der Waals surface area contributed by atoms with E-state index in [-0.39, 0.29) is 0 Å². The third-order valence-corrected chi connectivity index (χ3v) is 4.43. The molecule has 0 aliphatic carbocycles. The van der Waals surface area contributed by atoms with Crippen molar-refractivity contribution in [3.05, 3.63) is 95.6 Å². The van der Waals surface area contributed by atoms with Crippen molar-refractivity contribution in [2.24, 2.45) is 0 Å². The van der Waals surface area contributed by atoms with E-state index in [1.807, 2.05) is 72.8 Å². The second-order valence-corrected chi connectivity index (χ2v) is 6.42. The predicted octanol–water partition coefficient (Wildman–Crippen LogP) is 6.00. The minimum Gasteiger partial charge on any atom is -0.228 e. The van der Waals surface area contributed by atoms with Crippen LogP contribution in [0, 0.1) is 11.3 Å². The zero-order chi connectivity index (χ0) is 18.6. The van der Waals surface area contributed by atoms with Crippen LogP contribution in [0.15, 0.2) is 84.9 Å². The SMILES string of the molecule is N#Cc1cccc(-c2ccc(-c3cc(Cl)nc(-c4ccccc4)n3)cc2)c1. The minimum absolute atomic E-state index is 0.407. The van der Waals surface area contributed by atoms with Crippen molar-refractivity contribution < 1.29 is 0 Å². The molecule has 0 saturated heterocycles. The van der Waals surface area contributed by atoms with Crippen LogP contribution in [-0.2, 0) is 0 Å².